The van der Waals surface area contributed by atoms with Crippen LogP contribution in [-0.4, -0.2) is 57.4 Å². The Balaban J connectivity index is 1.48. The second-order valence-electron chi connectivity index (χ2n) is 12.1. The van der Waals surface area contributed by atoms with Crippen LogP contribution in [0.1, 0.15) is 105 Å². The van der Waals surface area contributed by atoms with E-state index in [1.54, 1.807) is 39.8 Å². The van der Waals surface area contributed by atoms with Crippen molar-refractivity contribution in [2.45, 2.75) is 90.3 Å². The van der Waals surface area contributed by atoms with Gasteiger partial charge in [-0.1, -0.05) is 43.3 Å². The molecule has 2 aliphatic rings. The molecule has 2 aromatic heterocycles. The third-order valence-electron chi connectivity index (χ3n) is 7.95. The number of amides is 2. The lowest BCUT2D eigenvalue weighted by atomic mass is 9.85. The highest BCUT2D eigenvalue weighted by atomic mass is 19.1. The summed E-state index contributed by atoms with van der Waals surface area (Å²) in [6.07, 6.45) is 8.33. The Kier molecular flexibility index (Phi) is 8.63. The molecule has 0 radical (unpaired) electrons. The lowest BCUT2D eigenvalue weighted by Gasteiger charge is -2.36. The molecule has 2 N–H and O–H groups in total. The van der Waals surface area contributed by atoms with Crippen molar-refractivity contribution >= 4 is 23.0 Å². The minimum absolute atomic E-state index is 0.136. The van der Waals surface area contributed by atoms with Gasteiger partial charge in [-0.15, -0.1) is 0 Å². The Morgan fingerprint density at radius 3 is 2.59 bits per heavy atom. The van der Waals surface area contributed by atoms with Crippen molar-refractivity contribution in [3.8, 4) is 0 Å². The first-order chi connectivity index (χ1) is 19.6. The fraction of sp³-hybridized carbons (Fsp3) is 0.600. The Hall–Kier alpha value is -3.47. The minimum Gasteiger partial charge on any atom is -0.444 e. The van der Waals surface area contributed by atoms with E-state index in [-0.39, 0.29) is 23.9 Å². The zero-order chi connectivity index (χ0) is 29.1. The fourth-order valence-electron chi connectivity index (χ4n) is 5.84. The summed E-state index contributed by atoms with van der Waals surface area (Å²) in [6.45, 7) is 7.91. The summed E-state index contributed by atoms with van der Waals surface area (Å²) in [5.41, 5.74) is 1.19. The number of carbonyl (C=O) groups is 2. The summed E-state index contributed by atoms with van der Waals surface area (Å²) in [5.74, 6) is -0.179. The third-order valence-corrected chi connectivity index (χ3v) is 7.95. The molecule has 1 aromatic carbocycles. The van der Waals surface area contributed by atoms with Crippen LogP contribution in [0.5, 0.6) is 0 Å². The van der Waals surface area contributed by atoms with Gasteiger partial charge in [0.1, 0.15) is 28.8 Å². The number of aryl methyl sites for hydroxylation is 1. The van der Waals surface area contributed by atoms with Crippen LogP contribution in [0.15, 0.2) is 22.9 Å². The number of imidazole rings is 1. The quantitative estimate of drug-likeness (QED) is 0.378. The number of aromatic amines is 1. The highest BCUT2D eigenvalue weighted by Crippen LogP contribution is 2.35. The molecule has 2 fully saturated rings. The molecular weight excluding hydrogens is 529 g/mol. The maximum absolute atomic E-state index is 16.2. The van der Waals surface area contributed by atoms with Gasteiger partial charge in [0.2, 0.25) is 0 Å². The Morgan fingerprint density at radius 2 is 1.90 bits per heavy atom. The predicted molar refractivity (Wildman–Crippen MR) is 150 cm³/mol. The minimum atomic E-state index is -0.680. The molecule has 0 bridgehead atoms. The standard InChI is InChI=1S/C30H40FN5O5/c1-18-21(16-40-35-18)28(37)34-25(19-10-8-6-5-7-9-11-19)27-32-22-13-12-20(24(31)26(22)33-27)23-17-39-15-14-36(23)29(38)41-30(2,3)4/h12-13,16,19,23,25H,5-11,14-15,17H2,1-4H3,(H,32,33)(H,34,37). The molecule has 1 aliphatic heterocycles. The highest BCUT2D eigenvalue weighted by Gasteiger charge is 2.35. The molecule has 3 aromatic rings. The first-order valence-corrected chi connectivity index (χ1v) is 14.6. The highest BCUT2D eigenvalue weighted by molar-refractivity contribution is 5.95. The number of morpholine rings is 1. The molecule has 10 nitrogen and oxygen atoms in total. The van der Waals surface area contributed by atoms with Gasteiger partial charge in [-0.3, -0.25) is 9.69 Å². The van der Waals surface area contributed by atoms with E-state index in [2.05, 4.69) is 15.5 Å². The normalized spacial score (nSPS) is 19.9. The van der Waals surface area contributed by atoms with Crippen molar-refractivity contribution in [2.24, 2.45) is 5.92 Å². The van der Waals surface area contributed by atoms with Gasteiger partial charge in [-0.25, -0.2) is 14.2 Å². The molecule has 2 unspecified atom stereocenters. The number of halogens is 1. The Morgan fingerprint density at radius 1 is 1.17 bits per heavy atom. The number of ether oxygens (including phenoxy) is 2. The van der Waals surface area contributed by atoms with E-state index in [0.717, 1.165) is 38.5 Å². The van der Waals surface area contributed by atoms with Crippen LogP contribution < -0.4 is 5.32 Å². The Labute approximate surface area is 239 Å². The number of aromatic nitrogens is 3. The SMILES string of the molecule is Cc1nocc1C(=O)NC(c1nc2c(F)c(C3COCCN3C(=O)OC(C)(C)C)ccc2[nH]1)C1CCCCCCC1. The lowest BCUT2D eigenvalue weighted by molar-refractivity contribution is -0.0337. The summed E-state index contributed by atoms with van der Waals surface area (Å²) in [5, 5.41) is 6.99. The first-order valence-electron chi connectivity index (χ1n) is 14.6. The number of carbonyl (C=O) groups excluding carboxylic acids is 2. The Bertz CT molecular complexity index is 1370. The van der Waals surface area contributed by atoms with Crippen LogP contribution in [0.2, 0.25) is 0 Å². The average molecular weight is 570 g/mol. The number of benzene rings is 1. The average Bonchev–Trinajstić information content (AvgIpc) is 3.53. The van der Waals surface area contributed by atoms with Crippen molar-refractivity contribution in [2.75, 3.05) is 19.8 Å². The second-order valence-corrected chi connectivity index (χ2v) is 12.1. The molecule has 1 aliphatic carbocycles. The molecule has 3 heterocycles. The van der Waals surface area contributed by atoms with Crippen LogP contribution in [-0.2, 0) is 9.47 Å². The number of nitrogens with one attached hydrogen (secondary N) is 2. The summed E-state index contributed by atoms with van der Waals surface area (Å²) >= 11 is 0. The third kappa shape index (κ3) is 6.55. The molecule has 1 saturated heterocycles. The van der Waals surface area contributed by atoms with E-state index in [1.807, 2.05) is 0 Å². The van der Waals surface area contributed by atoms with Gasteiger partial charge < -0.3 is 24.3 Å². The molecule has 11 heteroatoms. The summed E-state index contributed by atoms with van der Waals surface area (Å²) < 4.78 is 32.4. The van der Waals surface area contributed by atoms with Crippen molar-refractivity contribution in [1.29, 1.82) is 0 Å². The van der Waals surface area contributed by atoms with Crippen LogP contribution >= 0.6 is 0 Å². The van der Waals surface area contributed by atoms with E-state index < -0.39 is 29.6 Å². The number of hydrogen-bond acceptors (Lipinski definition) is 7. The van der Waals surface area contributed by atoms with Gasteiger partial charge in [-0.2, -0.15) is 0 Å². The number of H-pyrrole nitrogens is 1. The number of hydrogen-bond donors (Lipinski definition) is 2. The maximum Gasteiger partial charge on any atom is 0.410 e. The van der Waals surface area contributed by atoms with Gasteiger partial charge in [0.05, 0.1) is 36.5 Å². The molecule has 5 rings (SSSR count). The number of nitrogens with zero attached hydrogens (tertiary/aromatic N) is 3. The fourth-order valence-corrected chi connectivity index (χ4v) is 5.84. The molecule has 41 heavy (non-hydrogen) atoms. The number of rotatable bonds is 5. The second kappa shape index (κ2) is 12.2. The van der Waals surface area contributed by atoms with Crippen LogP contribution in [0.25, 0.3) is 11.0 Å². The predicted octanol–water partition coefficient (Wildman–Crippen LogP) is 6.14. The van der Waals surface area contributed by atoms with Crippen LogP contribution in [0.4, 0.5) is 9.18 Å². The zero-order valence-electron chi connectivity index (χ0n) is 24.3. The smallest absolute Gasteiger partial charge is 0.410 e. The topological polar surface area (TPSA) is 123 Å². The molecule has 222 valence electrons. The van der Waals surface area contributed by atoms with Crippen molar-refractivity contribution in [3.05, 3.63) is 46.9 Å². The van der Waals surface area contributed by atoms with Crippen molar-refractivity contribution in [3.63, 3.8) is 0 Å². The molecule has 2 amide bonds. The van der Waals surface area contributed by atoms with Crippen LogP contribution in [0, 0.1) is 18.7 Å². The van der Waals surface area contributed by atoms with E-state index in [1.165, 1.54) is 17.6 Å². The monoisotopic (exact) mass is 569 g/mol. The van der Waals surface area contributed by atoms with Crippen LogP contribution in [0.3, 0.4) is 0 Å². The largest absolute Gasteiger partial charge is 0.444 e. The summed E-state index contributed by atoms with van der Waals surface area (Å²) in [6, 6.07) is 2.34. The van der Waals surface area contributed by atoms with E-state index >= 15 is 4.39 Å². The van der Waals surface area contributed by atoms with Gasteiger partial charge in [0, 0.05) is 12.1 Å². The van der Waals surface area contributed by atoms with Gasteiger partial charge in [0.15, 0.2) is 5.82 Å². The molecule has 1 saturated carbocycles. The van der Waals surface area contributed by atoms with E-state index in [9.17, 15) is 9.59 Å². The number of fused-ring (bicyclic) bond motifs is 1. The van der Waals surface area contributed by atoms with Crippen molar-refractivity contribution in [1.82, 2.24) is 25.3 Å². The first kappa shape index (κ1) is 29.0. The maximum atomic E-state index is 16.2. The van der Waals surface area contributed by atoms with E-state index in [4.69, 9.17) is 19.0 Å². The zero-order valence-corrected chi connectivity index (χ0v) is 24.3. The lowest BCUT2D eigenvalue weighted by Crippen LogP contribution is -2.46. The van der Waals surface area contributed by atoms with Gasteiger partial charge in [0.25, 0.3) is 5.91 Å². The van der Waals surface area contributed by atoms with E-state index in [0.29, 0.717) is 41.3 Å². The van der Waals surface area contributed by atoms with Crippen molar-refractivity contribution < 1.29 is 28.0 Å². The molecular formula is C30H40FN5O5. The summed E-state index contributed by atoms with van der Waals surface area (Å²) in [4.78, 5) is 35.8. The summed E-state index contributed by atoms with van der Waals surface area (Å²) in [7, 11) is 0. The molecule has 2 atom stereocenters. The van der Waals surface area contributed by atoms with Gasteiger partial charge in [-0.05, 0) is 52.5 Å². The molecule has 0 spiro atoms. The van der Waals surface area contributed by atoms with Gasteiger partial charge >= 0.3 is 6.09 Å².